The summed E-state index contributed by atoms with van der Waals surface area (Å²) >= 11 is 6.42. The molecule has 0 unspecified atom stereocenters. The highest BCUT2D eigenvalue weighted by Gasteiger charge is 2.45. The van der Waals surface area contributed by atoms with Gasteiger partial charge in [0.05, 0.1) is 36.8 Å². The van der Waals surface area contributed by atoms with Crippen molar-refractivity contribution in [3.05, 3.63) is 69.8 Å². The van der Waals surface area contributed by atoms with Crippen molar-refractivity contribution in [2.45, 2.75) is 62.9 Å². The van der Waals surface area contributed by atoms with Crippen molar-refractivity contribution < 1.29 is 27.4 Å². The van der Waals surface area contributed by atoms with Crippen LogP contribution in [0.15, 0.2) is 48.0 Å². The Morgan fingerprint density at radius 1 is 1.16 bits per heavy atom. The van der Waals surface area contributed by atoms with Gasteiger partial charge in [-0.05, 0) is 116 Å². The lowest BCUT2D eigenvalue weighted by Crippen LogP contribution is -2.50. The Kier molecular flexibility index (Phi) is 9.03. The zero-order valence-electron chi connectivity index (χ0n) is 25.6. The summed E-state index contributed by atoms with van der Waals surface area (Å²) in [6, 6.07) is 11.9. The second-order valence-electron chi connectivity index (χ2n) is 13.2. The molecule has 0 amide bonds. The molecule has 4 aliphatic rings. The molecule has 2 aromatic carbocycles. The third kappa shape index (κ3) is 6.39. The van der Waals surface area contributed by atoms with Gasteiger partial charge in [-0.25, -0.2) is 18.4 Å². The molecule has 0 radical (unpaired) electrons. The largest absolute Gasteiger partial charge is 0.490 e. The summed E-state index contributed by atoms with van der Waals surface area (Å²) < 4.78 is 41.1. The number of halogens is 1. The van der Waals surface area contributed by atoms with E-state index in [-0.39, 0.29) is 29.2 Å². The number of ether oxygens (including phenoxy) is 3. The number of benzene rings is 2. The second kappa shape index (κ2) is 12.7. The number of hydrogen-bond donors (Lipinski definition) is 1. The number of hydrogen-bond acceptors (Lipinski definition) is 7. The van der Waals surface area contributed by atoms with Gasteiger partial charge >= 0.3 is 5.97 Å². The Labute approximate surface area is 265 Å². The van der Waals surface area contributed by atoms with Crippen LogP contribution in [0.3, 0.4) is 0 Å². The van der Waals surface area contributed by atoms with Crippen LogP contribution in [-0.4, -0.2) is 60.2 Å². The van der Waals surface area contributed by atoms with E-state index < -0.39 is 10.0 Å². The smallest absolute Gasteiger partial charge is 0.337 e. The second-order valence-corrected chi connectivity index (χ2v) is 15.3. The molecule has 6 rings (SSSR count). The summed E-state index contributed by atoms with van der Waals surface area (Å²) in [5.41, 5.74) is 5.10. The molecule has 0 aromatic heterocycles. The number of aryl methyl sites for hydroxylation is 1. The minimum atomic E-state index is -3.48. The molecule has 44 heavy (non-hydrogen) atoms. The first-order chi connectivity index (χ1) is 21.1. The third-order valence-corrected chi connectivity index (χ3v) is 11.6. The predicted octanol–water partition coefficient (Wildman–Crippen LogP) is 5.66. The number of primary sulfonamides is 1. The summed E-state index contributed by atoms with van der Waals surface area (Å²) in [5, 5.41) is 6.08. The fraction of sp³-hybridized carbons (Fsp3) is 0.559. The Balaban J connectivity index is 1.29. The lowest BCUT2D eigenvalue weighted by atomic mass is 9.66. The van der Waals surface area contributed by atoms with Crippen LogP contribution in [0.4, 0.5) is 5.69 Å². The lowest BCUT2D eigenvalue weighted by Gasteiger charge is -2.47. The van der Waals surface area contributed by atoms with Crippen molar-refractivity contribution in [2.24, 2.45) is 22.9 Å². The number of esters is 1. The quantitative estimate of drug-likeness (QED) is 0.293. The van der Waals surface area contributed by atoms with Crippen molar-refractivity contribution in [2.75, 3.05) is 44.6 Å². The highest BCUT2D eigenvalue weighted by molar-refractivity contribution is 7.89. The van der Waals surface area contributed by atoms with Crippen LogP contribution in [0.5, 0.6) is 5.75 Å². The van der Waals surface area contributed by atoms with Gasteiger partial charge in [0.25, 0.3) is 0 Å². The summed E-state index contributed by atoms with van der Waals surface area (Å²) in [5.74, 6) is 1.25. The summed E-state index contributed by atoms with van der Waals surface area (Å²) in [6.45, 7) is 2.15. The van der Waals surface area contributed by atoms with Gasteiger partial charge in [-0.1, -0.05) is 23.7 Å². The predicted molar refractivity (Wildman–Crippen MR) is 172 cm³/mol. The zero-order valence-corrected chi connectivity index (χ0v) is 27.2. The number of methoxy groups -OCH3 is 2. The van der Waals surface area contributed by atoms with Crippen LogP contribution in [0.2, 0.25) is 5.02 Å². The van der Waals surface area contributed by atoms with Crippen LogP contribution >= 0.6 is 11.6 Å². The molecular formula is C34H43ClN2O6S. The molecule has 238 valence electrons. The Morgan fingerprint density at radius 2 is 2.00 bits per heavy atom. The Hall–Kier alpha value is -2.59. The van der Waals surface area contributed by atoms with E-state index in [0.717, 1.165) is 74.5 Å². The summed E-state index contributed by atoms with van der Waals surface area (Å²) in [7, 11) is -0.293. The number of allylic oxidation sites excluding steroid dienone is 1. The standard InChI is InChI=1S/C34H43ClN2O6S/c1-41-32(23-7-5-22(6-8-23)19-44(36,39)40)28-12-9-26(28)18-37-20-34(15-3-4-24-16-27(35)11-13-29(24)34)21-43-31-14-10-25(17-30(31)37)33(38)42-2/h7,10-11,13-14,16-17,22,26,28,32H,3-6,8-9,12,15,18-21H2,1-2H3,(H2,36,39,40)/t22-,26-,28+,32-,34-/m0/s1. The fourth-order valence-electron chi connectivity index (χ4n) is 8.11. The van der Waals surface area contributed by atoms with Crippen LogP contribution in [0.1, 0.15) is 66.4 Å². The van der Waals surface area contributed by atoms with E-state index >= 15 is 0 Å². The van der Waals surface area contributed by atoms with Crippen molar-refractivity contribution in [3.8, 4) is 5.75 Å². The fourth-order valence-corrected chi connectivity index (χ4v) is 9.26. The van der Waals surface area contributed by atoms with Gasteiger partial charge in [-0.2, -0.15) is 0 Å². The molecule has 0 saturated heterocycles. The van der Waals surface area contributed by atoms with Crippen LogP contribution < -0.4 is 14.8 Å². The van der Waals surface area contributed by atoms with Gasteiger partial charge in [-0.3, -0.25) is 0 Å². The number of nitrogens with zero attached hydrogens (tertiary/aromatic N) is 1. The Bertz CT molecular complexity index is 1540. The van der Waals surface area contributed by atoms with Crippen LogP contribution in [-0.2, 0) is 31.3 Å². The number of anilines is 1. The highest BCUT2D eigenvalue weighted by atomic mass is 35.5. The van der Waals surface area contributed by atoms with E-state index in [4.69, 9.17) is 31.0 Å². The Morgan fingerprint density at radius 3 is 2.68 bits per heavy atom. The number of fused-ring (bicyclic) bond motifs is 3. The van der Waals surface area contributed by atoms with Crippen LogP contribution in [0, 0.1) is 17.8 Å². The molecule has 1 spiro atoms. The minimum absolute atomic E-state index is 0.000191. The van der Waals surface area contributed by atoms with Crippen molar-refractivity contribution in [1.29, 1.82) is 0 Å². The van der Waals surface area contributed by atoms with Crippen molar-refractivity contribution >= 4 is 33.3 Å². The van der Waals surface area contributed by atoms with E-state index in [1.54, 1.807) is 13.2 Å². The van der Waals surface area contributed by atoms with Gasteiger partial charge in [0.1, 0.15) is 5.75 Å². The number of carbonyl (C=O) groups excluding carboxylic acids is 1. The average Bonchev–Trinajstić information content (AvgIpc) is 3.14. The average molecular weight is 643 g/mol. The van der Waals surface area contributed by atoms with E-state index in [9.17, 15) is 13.2 Å². The molecule has 1 fully saturated rings. The molecule has 2 aromatic rings. The van der Waals surface area contributed by atoms with Gasteiger partial charge in [0, 0.05) is 30.6 Å². The molecule has 8 nitrogen and oxygen atoms in total. The van der Waals surface area contributed by atoms with E-state index in [1.807, 2.05) is 18.2 Å². The first-order valence-corrected chi connectivity index (χ1v) is 17.8. The van der Waals surface area contributed by atoms with Crippen molar-refractivity contribution in [1.82, 2.24) is 0 Å². The van der Waals surface area contributed by atoms with Gasteiger partial charge in [-0.15, -0.1) is 0 Å². The van der Waals surface area contributed by atoms with Gasteiger partial charge in [0.2, 0.25) is 10.0 Å². The topological polar surface area (TPSA) is 108 Å². The summed E-state index contributed by atoms with van der Waals surface area (Å²) in [4.78, 5) is 15.0. The van der Waals surface area contributed by atoms with Crippen molar-refractivity contribution in [3.63, 3.8) is 0 Å². The van der Waals surface area contributed by atoms with E-state index in [0.29, 0.717) is 30.4 Å². The molecule has 10 heteroatoms. The van der Waals surface area contributed by atoms with E-state index in [2.05, 4.69) is 23.1 Å². The SMILES string of the molecule is COC(=O)c1ccc2c(c1)N(C[C@@H]1CC[C@H]1[C@@H](OC)C1=CC[C@H](CS(N)(=O)=O)CC1)C[C@@]1(CCCc3cc(Cl)ccc31)CO2. The molecular weight excluding hydrogens is 600 g/mol. The molecule has 1 heterocycles. The van der Waals surface area contributed by atoms with E-state index in [1.165, 1.54) is 23.8 Å². The first-order valence-electron chi connectivity index (χ1n) is 15.7. The minimum Gasteiger partial charge on any atom is -0.490 e. The normalized spacial score (nSPS) is 27.2. The van der Waals surface area contributed by atoms with Gasteiger partial charge < -0.3 is 19.1 Å². The number of nitrogens with two attached hydrogens (primary N) is 1. The molecule has 2 N–H and O–H groups in total. The first kappa shape index (κ1) is 31.4. The molecule has 1 aliphatic heterocycles. The summed E-state index contributed by atoms with van der Waals surface area (Å²) in [6.07, 6.45) is 9.78. The zero-order chi connectivity index (χ0) is 31.1. The highest BCUT2D eigenvalue weighted by Crippen LogP contribution is 2.48. The number of sulfonamides is 1. The maximum Gasteiger partial charge on any atom is 0.337 e. The maximum atomic E-state index is 12.6. The van der Waals surface area contributed by atoms with Gasteiger partial charge in [0.15, 0.2) is 0 Å². The maximum absolute atomic E-state index is 12.6. The third-order valence-electron chi connectivity index (χ3n) is 10.4. The molecule has 0 bridgehead atoms. The molecule has 3 aliphatic carbocycles. The monoisotopic (exact) mass is 642 g/mol. The molecule has 1 saturated carbocycles. The molecule has 5 atom stereocenters. The number of rotatable bonds is 8. The lowest BCUT2D eigenvalue weighted by molar-refractivity contribution is 0.00323. The van der Waals surface area contributed by atoms with Crippen LogP contribution in [0.25, 0.3) is 0 Å². The number of carbonyl (C=O) groups is 1.